The highest BCUT2D eigenvalue weighted by Crippen LogP contribution is 2.33. The highest BCUT2D eigenvalue weighted by atomic mass is 32.2. The minimum absolute atomic E-state index is 0.0528. The van der Waals surface area contributed by atoms with E-state index in [0.717, 1.165) is 40.8 Å². The fraction of sp³-hybridized carbons (Fsp3) is 0.600. The molecular weight excluding hydrogens is 224 g/mol. The van der Waals surface area contributed by atoms with E-state index in [1.54, 1.807) is 7.11 Å². The molecule has 1 unspecified atom stereocenters. The summed E-state index contributed by atoms with van der Waals surface area (Å²) in [6, 6.07) is 0. The SMILES string of the molecule is CCC(OC)c1nc2c(c(NN)n1)CSC2. The first kappa shape index (κ1) is 11.6. The van der Waals surface area contributed by atoms with Crippen LogP contribution in [0.25, 0.3) is 0 Å². The predicted octanol–water partition coefficient (Wildman–Crippen LogP) is 1.61. The van der Waals surface area contributed by atoms with Crippen molar-refractivity contribution in [3.05, 3.63) is 17.1 Å². The van der Waals surface area contributed by atoms with Gasteiger partial charge in [0.1, 0.15) is 11.9 Å². The second-order valence-corrected chi connectivity index (χ2v) is 4.61. The van der Waals surface area contributed by atoms with Gasteiger partial charge in [-0.15, -0.1) is 0 Å². The predicted molar refractivity (Wildman–Crippen MR) is 64.9 cm³/mol. The van der Waals surface area contributed by atoms with Crippen molar-refractivity contribution in [1.82, 2.24) is 9.97 Å². The van der Waals surface area contributed by atoms with Gasteiger partial charge in [-0.1, -0.05) is 6.92 Å². The van der Waals surface area contributed by atoms with Gasteiger partial charge in [0.15, 0.2) is 5.82 Å². The summed E-state index contributed by atoms with van der Waals surface area (Å²) in [5.41, 5.74) is 4.86. The van der Waals surface area contributed by atoms with Gasteiger partial charge >= 0.3 is 0 Å². The molecular formula is C10H16N4OS. The van der Waals surface area contributed by atoms with Crippen LogP contribution in [0.5, 0.6) is 0 Å². The highest BCUT2D eigenvalue weighted by molar-refractivity contribution is 7.98. The number of nitrogens with one attached hydrogen (secondary N) is 1. The van der Waals surface area contributed by atoms with Crippen molar-refractivity contribution in [2.45, 2.75) is 31.0 Å². The fourth-order valence-corrected chi connectivity index (χ4v) is 2.83. The molecule has 2 rings (SSSR count). The van der Waals surface area contributed by atoms with Gasteiger partial charge in [-0.05, 0) is 6.42 Å². The number of nitrogens with zero attached hydrogens (tertiary/aromatic N) is 2. The van der Waals surface area contributed by atoms with E-state index in [1.165, 1.54) is 0 Å². The molecule has 0 saturated heterocycles. The zero-order valence-corrected chi connectivity index (χ0v) is 10.3. The Morgan fingerprint density at radius 1 is 1.50 bits per heavy atom. The number of hydrogen-bond acceptors (Lipinski definition) is 6. The van der Waals surface area contributed by atoms with Crippen LogP contribution in [0, 0.1) is 0 Å². The number of ether oxygens (including phenoxy) is 1. The summed E-state index contributed by atoms with van der Waals surface area (Å²) < 4.78 is 5.34. The molecule has 1 atom stereocenters. The first-order valence-corrected chi connectivity index (χ1v) is 6.42. The first-order valence-electron chi connectivity index (χ1n) is 5.27. The second-order valence-electron chi connectivity index (χ2n) is 3.63. The standard InChI is InChI=1S/C10H16N4OS/c1-3-8(15-2)10-12-7-5-16-4-6(7)9(13-10)14-11/h8H,3-5,11H2,1-2H3,(H,12,13,14). The van der Waals surface area contributed by atoms with Gasteiger partial charge in [0.05, 0.1) is 5.69 Å². The molecule has 0 fully saturated rings. The molecule has 1 aliphatic rings. The second kappa shape index (κ2) is 4.99. The number of rotatable bonds is 4. The monoisotopic (exact) mass is 240 g/mol. The van der Waals surface area contributed by atoms with E-state index in [4.69, 9.17) is 10.6 Å². The van der Waals surface area contributed by atoms with Crippen LogP contribution >= 0.6 is 11.8 Å². The van der Waals surface area contributed by atoms with Crippen LogP contribution in [0.4, 0.5) is 5.82 Å². The minimum Gasteiger partial charge on any atom is -0.373 e. The van der Waals surface area contributed by atoms with Crippen LogP contribution in [0.2, 0.25) is 0 Å². The number of fused-ring (bicyclic) bond motifs is 1. The first-order chi connectivity index (χ1) is 7.80. The van der Waals surface area contributed by atoms with Gasteiger partial charge in [0, 0.05) is 24.2 Å². The van der Waals surface area contributed by atoms with E-state index >= 15 is 0 Å². The molecule has 0 radical (unpaired) electrons. The maximum absolute atomic E-state index is 5.48. The number of nitrogen functional groups attached to an aromatic ring is 1. The average molecular weight is 240 g/mol. The molecule has 2 heterocycles. The van der Waals surface area contributed by atoms with E-state index in [-0.39, 0.29) is 6.10 Å². The molecule has 16 heavy (non-hydrogen) atoms. The van der Waals surface area contributed by atoms with Crippen molar-refractivity contribution in [2.24, 2.45) is 5.84 Å². The quantitative estimate of drug-likeness (QED) is 0.615. The maximum atomic E-state index is 5.48. The van der Waals surface area contributed by atoms with Crippen LogP contribution in [-0.2, 0) is 16.2 Å². The van der Waals surface area contributed by atoms with Gasteiger partial charge in [0.25, 0.3) is 0 Å². The Labute approximate surface area is 99.2 Å². The lowest BCUT2D eigenvalue weighted by molar-refractivity contribution is 0.0925. The molecule has 0 amide bonds. The normalized spacial score (nSPS) is 15.9. The van der Waals surface area contributed by atoms with Gasteiger partial charge in [-0.25, -0.2) is 15.8 Å². The summed E-state index contributed by atoms with van der Waals surface area (Å²) >= 11 is 1.83. The Balaban J connectivity index is 2.41. The molecule has 6 heteroatoms. The lowest BCUT2D eigenvalue weighted by atomic mass is 10.2. The molecule has 1 aromatic heterocycles. The molecule has 0 aromatic carbocycles. The fourth-order valence-electron chi connectivity index (χ4n) is 1.79. The van der Waals surface area contributed by atoms with Crippen molar-refractivity contribution in [3.63, 3.8) is 0 Å². The lowest BCUT2D eigenvalue weighted by Gasteiger charge is -2.14. The van der Waals surface area contributed by atoms with Crippen molar-refractivity contribution >= 4 is 17.6 Å². The molecule has 0 bridgehead atoms. The molecule has 0 saturated carbocycles. The smallest absolute Gasteiger partial charge is 0.159 e. The molecule has 0 aliphatic carbocycles. The van der Waals surface area contributed by atoms with Gasteiger partial charge in [0.2, 0.25) is 0 Å². The van der Waals surface area contributed by atoms with Crippen LogP contribution in [-0.4, -0.2) is 17.1 Å². The average Bonchev–Trinajstić information content (AvgIpc) is 2.77. The van der Waals surface area contributed by atoms with E-state index in [1.807, 2.05) is 11.8 Å². The van der Waals surface area contributed by atoms with E-state index < -0.39 is 0 Å². The Morgan fingerprint density at radius 3 is 2.94 bits per heavy atom. The highest BCUT2D eigenvalue weighted by Gasteiger charge is 2.22. The molecule has 1 aliphatic heterocycles. The number of anilines is 1. The van der Waals surface area contributed by atoms with E-state index in [9.17, 15) is 0 Å². The maximum Gasteiger partial charge on any atom is 0.159 e. The van der Waals surface area contributed by atoms with E-state index in [0.29, 0.717) is 0 Å². The summed E-state index contributed by atoms with van der Waals surface area (Å²) in [4.78, 5) is 8.97. The number of hydrogen-bond donors (Lipinski definition) is 2. The zero-order valence-electron chi connectivity index (χ0n) is 9.49. The number of hydrazine groups is 1. The molecule has 1 aromatic rings. The third-order valence-electron chi connectivity index (χ3n) is 2.68. The summed E-state index contributed by atoms with van der Waals surface area (Å²) in [7, 11) is 1.68. The number of nitrogens with two attached hydrogens (primary N) is 1. The van der Waals surface area contributed by atoms with Gasteiger partial charge in [-0.2, -0.15) is 11.8 Å². The molecule has 0 spiro atoms. The number of aromatic nitrogens is 2. The third kappa shape index (κ3) is 2.00. The number of methoxy groups -OCH3 is 1. The molecule has 88 valence electrons. The van der Waals surface area contributed by atoms with Crippen molar-refractivity contribution in [3.8, 4) is 0 Å². The van der Waals surface area contributed by atoms with Crippen molar-refractivity contribution in [2.75, 3.05) is 12.5 Å². The van der Waals surface area contributed by atoms with Crippen molar-refractivity contribution in [1.29, 1.82) is 0 Å². The summed E-state index contributed by atoms with van der Waals surface area (Å²) in [5.74, 6) is 8.80. The van der Waals surface area contributed by atoms with Gasteiger partial charge in [-0.3, -0.25) is 0 Å². The van der Waals surface area contributed by atoms with Crippen LogP contribution in [0.15, 0.2) is 0 Å². The molecule has 3 N–H and O–H groups in total. The largest absolute Gasteiger partial charge is 0.373 e. The van der Waals surface area contributed by atoms with Crippen LogP contribution in [0.3, 0.4) is 0 Å². The van der Waals surface area contributed by atoms with Crippen LogP contribution < -0.4 is 11.3 Å². The third-order valence-corrected chi connectivity index (χ3v) is 3.65. The summed E-state index contributed by atoms with van der Waals surface area (Å²) in [6.45, 7) is 2.05. The Hall–Kier alpha value is -0.850. The van der Waals surface area contributed by atoms with E-state index in [2.05, 4.69) is 22.3 Å². The Morgan fingerprint density at radius 2 is 2.31 bits per heavy atom. The molecule has 5 nitrogen and oxygen atoms in total. The van der Waals surface area contributed by atoms with Crippen molar-refractivity contribution < 1.29 is 4.74 Å². The lowest BCUT2D eigenvalue weighted by Crippen LogP contribution is -2.15. The Kier molecular flexibility index (Phi) is 3.63. The topological polar surface area (TPSA) is 73.1 Å². The number of thioether (sulfide) groups is 1. The zero-order chi connectivity index (χ0) is 11.5. The summed E-state index contributed by atoms with van der Waals surface area (Å²) in [5, 5.41) is 0. The minimum atomic E-state index is -0.0528. The summed E-state index contributed by atoms with van der Waals surface area (Å²) in [6.07, 6.45) is 0.801. The van der Waals surface area contributed by atoms with Crippen LogP contribution in [0.1, 0.15) is 36.5 Å². The Bertz CT molecular complexity index is 381. The van der Waals surface area contributed by atoms with Gasteiger partial charge < -0.3 is 10.2 Å².